The van der Waals surface area contributed by atoms with Crippen LogP contribution in [0.3, 0.4) is 0 Å². The molecule has 10 nitrogen and oxygen atoms in total. The number of ketones is 1. The molecule has 0 saturated heterocycles. The van der Waals surface area contributed by atoms with Crippen molar-refractivity contribution in [2.75, 3.05) is 13.7 Å². The maximum Gasteiger partial charge on any atom is 0.378 e. The van der Waals surface area contributed by atoms with Gasteiger partial charge in [0.15, 0.2) is 6.61 Å². The molecule has 140 valence electrons. The summed E-state index contributed by atoms with van der Waals surface area (Å²) < 4.78 is 11.1. The summed E-state index contributed by atoms with van der Waals surface area (Å²) in [7, 11) is 1.26. The van der Waals surface area contributed by atoms with Crippen molar-refractivity contribution in [3.05, 3.63) is 46.3 Å². The fraction of sp³-hybridized carbons (Fsp3) is 0.294. The molecule has 0 saturated carbocycles. The van der Waals surface area contributed by atoms with Crippen LogP contribution in [0, 0.1) is 20.8 Å². The number of aromatic nitrogens is 5. The number of carbonyl (C=O) groups is 3. The summed E-state index contributed by atoms with van der Waals surface area (Å²) in [4.78, 5) is 47.1. The first-order valence-electron chi connectivity index (χ1n) is 7.99. The highest BCUT2D eigenvalue weighted by atomic mass is 16.5. The third kappa shape index (κ3) is 3.28. The Morgan fingerprint density at radius 2 is 1.93 bits per heavy atom. The average Bonchev–Trinajstić information content (AvgIpc) is 3.21. The highest BCUT2D eigenvalue weighted by Gasteiger charge is 2.24. The molecule has 0 amide bonds. The Bertz CT molecular complexity index is 1070. The summed E-state index contributed by atoms with van der Waals surface area (Å²) in [5.74, 6) is -1.82. The predicted octanol–water partition coefficient (Wildman–Crippen LogP) is 1.20. The number of ether oxygens (including phenoxy) is 2. The minimum absolute atomic E-state index is 0.182. The number of fused-ring (bicyclic) bond motifs is 1. The van der Waals surface area contributed by atoms with Crippen LogP contribution in [0.2, 0.25) is 0 Å². The van der Waals surface area contributed by atoms with Crippen molar-refractivity contribution in [1.29, 1.82) is 0 Å². The number of Topliss-reactive ketones (excluding diaryl/α,β-unsaturated/α-hetero) is 1. The van der Waals surface area contributed by atoms with Gasteiger partial charge in [0.25, 0.3) is 11.6 Å². The number of methoxy groups -OCH3 is 1. The van der Waals surface area contributed by atoms with Crippen LogP contribution in [0.1, 0.15) is 48.4 Å². The number of aryl methyl sites for hydroxylation is 2. The summed E-state index contributed by atoms with van der Waals surface area (Å²) in [6, 6.07) is 1.72. The molecule has 10 heteroatoms. The van der Waals surface area contributed by atoms with Crippen LogP contribution in [0.4, 0.5) is 0 Å². The topological polar surface area (TPSA) is 129 Å². The Hall–Kier alpha value is -3.56. The number of hydrogen-bond donors (Lipinski definition) is 1. The fourth-order valence-electron chi connectivity index (χ4n) is 2.70. The minimum atomic E-state index is -0.845. The van der Waals surface area contributed by atoms with Crippen LogP contribution in [-0.4, -0.2) is 56.0 Å². The number of H-pyrrole nitrogens is 1. The van der Waals surface area contributed by atoms with Gasteiger partial charge in [-0.1, -0.05) is 0 Å². The zero-order chi connectivity index (χ0) is 19.7. The lowest BCUT2D eigenvalue weighted by Crippen LogP contribution is -2.16. The van der Waals surface area contributed by atoms with Crippen LogP contribution in [0.15, 0.2) is 12.3 Å². The van der Waals surface area contributed by atoms with Gasteiger partial charge in [0, 0.05) is 17.6 Å². The molecular weight excluding hydrogens is 354 g/mol. The molecule has 3 aromatic heterocycles. The summed E-state index contributed by atoms with van der Waals surface area (Å²) in [5, 5.41) is 4.02. The normalized spacial score (nSPS) is 10.8. The van der Waals surface area contributed by atoms with E-state index in [0.29, 0.717) is 11.3 Å². The Morgan fingerprint density at radius 3 is 2.59 bits per heavy atom. The van der Waals surface area contributed by atoms with Crippen molar-refractivity contribution < 1.29 is 23.9 Å². The van der Waals surface area contributed by atoms with Crippen molar-refractivity contribution in [2.45, 2.75) is 20.8 Å². The van der Waals surface area contributed by atoms with E-state index in [1.807, 2.05) is 0 Å². The molecule has 0 aliphatic heterocycles. The Labute approximate surface area is 153 Å². The molecule has 0 aliphatic rings. The molecular formula is C17H17N5O5. The minimum Gasteiger partial charge on any atom is -0.465 e. The fourth-order valence-corrected chi connectivity index (χ4v) is 2.70. The van der Waals surface area contributed by atoms with Gasteiger partial charge in [0.2, 0.25) is 5.78 Å². The van der Waals surface area contributed by atoms with E-state index in [4.69, 9.17) is 9.47 Å². The highest BCUT2D eigenvalue weighted by molar-refractivity contribution is 6.02. The number of hydrogen-bond acceptors (Lipinski definition) is 8. The predicted molar refractivity (Wildman–Crippen MR) is 91.7 cm³/mol. The Kier molecular flexibility index (Phi) is 4.72. The number of aromatic amines is 1. The van der Waals surface area contributed by atoms with Crippen LogP contribution in [-0.2, 0) is 9.47 Å². The summed E-state index contributed by atoms with van der Waals surface area (Å²) in [5.41, 5.74) is 2.15. The molecule has 0 aromatic carbocycles. The van der Waals surface area contributed by atoms with Crippen molar-refractivity contribution in [3.8, 4) is 0 Å². The highest BCUT2D eigenvalue weighted by Crippen LogP contribution is 2.19. The van der Waals surface area contributed by atoms with E-state index in [0.717, 1.165) is 5.69 Å². The molecule has 27 heavy (non-hydrogen) atoms. The number of carbonyl (C=O) groups excluding carboxylic acids is 3. The first-order valence-corrected chi connectivity index (χ1v) is 7.99. The van der Waals surface area contributed by atoms with E-state index >= 15 is 0 Å². The average molecular weight is 371 g/mol. The van der Waals surface area contributed by atoms with Gasteiger partial charge in [-0.05, 0) is 32.4 Å². The molecule has 0 bridgehead atoms. The molecule has 0 fully saturated rings. The van der Waals surface area contributed by atoms with E-state index in [1.165, 1.54) is 11.6 Å². The van der Waals surface area contributed by atoms with Gasteiger partial charge in [-0.25, -0.2) is 19.1 Å². The van der Waals surface area contributed by atoms with Crippen molar-refractivity contribution in [1.82, 2.24) is 24.6 Å². The maximum absolute atomic E-state index is 12.4. The van der Waals surface area contributed by atoms with Gasteiger partial charge in [-0.15, -0.1) is 5.10 Å². The van der Waals surface area contributed by atoms with Crippen LogP contribution in [0.5, 0.6) is 0 Å². The third-order valence-electron chi connectivity index (χ3n) is 4.05. The van der Waals surface area contributed by atoms with Gasteiger partial charge in [0.1, 0.15) is 0 Å². The second-order valence-corrected chi connectivity index (χ2v) is 5.85. The van der Waals surface area contributed by atoms with Crippen molar-refractivity contribution in [3.63, 3.8) is 0 Å². The Balaban J connectivity index is 1.74. The van der Waals surface area contributed by atoms with E-state index in [2.05, 4.69) is 20.1 Å². The SMILES string of the molecule is COC(=O)c1c(C)[nH]c(C(=O)COC(=O)c2nc3nccc(C)n3n2)c1C. The molecule has 0 aliphatic carbocycles. The first kappa shape index (κ1) is 18.2. The van der Waals surface area contributed by atoms with Gasteiger partial charge in [0.05, 0.1) is 18.4 Å². The van der Waals surface area contributed by atoms with Gasteiger partial charge in [-0.3, -0.25) is 4.79 Å². The maximum atomic E-state index is 12.4. The molecule has 0 atom stereocenters. The van der Waals surface area contributed by atoms with Gasteiger partial charge < -0.3 is 14.5 Å². The zero-order valence-electron chi connectivity index (χ0n) is 15.2. The van der Waals surface area contributed by atoms with E-state index in [9.17, 15) is 14.4 Å². The van der Waals surface area contributed by atoms with E-state index < -0.39 is 24.3 Å². The van der Waals surface area contributed by atoms with Crippen molar-refractivity contribution in [2.24, 2.45) is 0 Å². The molecule has 3 heterocycles. The lowest BCUT2D eigenvalue weighted by Gasteiger charge is -2.02. The summed E-state index contributed by atoms with van der Waals surface area (Å²) in [6.07, 6.45) is 1.55. The van der Waals surface area contributed by atoms with Gasteiger partial charge >= 0.3 is 11.9 Å². The van der Waals surface area contributed by atoms with Gasteiger partial charge in [-0.2, -0.15) is 4.98 Å². The number of nitrogens with zero attached hydrogens (tertiary/aromatic N) is 4. The second-order valence-electron chi connectivity index (χ2n) is 5.85. The smallest absolute Gasteiger partial charge is 0.378 e. The molecule has 3 aromatic rings. The standard InChI is InChI=1S/C17H17N5O5/c1-8-5-6-18-17-20-14(21-22(8)17)16(25)27-7-11(23)13-9(2)12(10(3)19-13)15(24)26-4/h5-6,19H,7H2,1-4H3. The molecule has 0 radical (unpaired) electrons. The van der Waals surface area contributed by atoms with Crippen LogP contribution >= 0.6 is 0 Å². The number of nitrogens with one attached hydrogen (secondary N) is 1. The van der Waals surface area contributed by atoms with Crippen molar-refractivity contribution >= 4 is 23.5 Å². The summed E-state index contributed by atoms with van der Waals surface area (Å²) >= 11 is 0. The number of esters is 2. The van der Waals surface area contributed by atoms with Crippen LogP contribution in [0.25, 0.3) is 5.78 Å². The molecule has 3 rings (SSSR count). The first-order chi connectivity index (χ1) is 12.8. The molecule has 1 N–H and O–H groups in total. The number of rotatable bonds is 5. The second kappa shape index (κ2) is 6.98. The van der Waals surface area contributed by atoms with E-state index in [-0.39, 0.29) is 22.9 Å². The zero-order valence-corrected chi connectivity index (χ0v) is 15.2. The largest absolute Gasteiger partial charge is 0.465 e. The van der Waals surface area contributed by atoms with E-state index in [1.54, 1.807) is 33.0 Å². The molecule has 0 unspecified atom stereocenters. The summed E-state index contributed by atoms with van der Waals surface area (Å²) in [6.45, 7) is 4.53. The quantitative estimate of drug-likeness (QED) is 0.523. The third-order valence-corrected chi connectivity index (χ3v) is 4.05. The lowest BCUT2D eigenvalue weighted by molar-refractivity contribution is 0.0461. The lowest BCUT2D eigenvalue weighted by atomic mass is 10.1. The molecule has 0 spiro atoms. The Morgan fingerprint density at radius 1 is 1.19 bits per heavy atom. The van der Waals surface area contributed by atoms with Crippen LogP contribution < -0.4 is 0 Å². The monoisotopic (exact) mass is 371 g/mol.